The number of carbonyl (C=O) groups excluding carboxylic acids is 2. The van der Waals surface area contributed by atoms with Crippen molar-refractivity contribution in [2.45, 2.75) is 26.4 Å². The number of nitrogens with zero attached hydrogens (tertiary/aromatic N) is 3. The van der Waals surface area contributed by atoms with Crippen molar-refractivity contribution >= 4 is 38.7 Å². The minimum Gasteiger partial charge on any atom is -0.444 e. The molecule has 0 atom stereocenters. The van der Waals surface area contributed by atoms with Gasteiger partial charge in [0, 0.05) is 31.7 Å². The smallest absolute Gasteiger partial charge is 0.410 e. The number of carbonyl (C=O) groups is 2. The lowest BCUT2D eigenvalue weighted by molar-refractivity contribution is 0.0240. The normalized spacial score (nSPS) is 15.5. The number of hydrogen-bond donors (Lipinski definition) is 1. The van der Waals surface area contributed by atoms with Crippen LogP contribution in [0.1, 0.15) is 31.1 Å². The fourth-order valence-corrected chi connectivity index (χ4v) is 3.66. The third-order valence-electron chi connectivity index (χ3n) is 3.86. The van der Waals surface area contributed by atoms with Gasteiger partial charge in [-0.15, -0.1) is 0 Å². The van der Waals surface area contributed by atoms with Crippen molar-refractivity contribution in [3.8, 4) is 0 Å². The molecule has 0 spiro atoms. The van der Waals surface area contributed by atoms with E-state index in [1.165, 1.54) is 11.3 Å². The second kappa shape index (κ2) is 6.51. The van der Waals surface area contributed by atoms with E-state index in [0.29, 0.717) is 31.7 Å². The molecule has 3 rings (SSSR count). The molecule has 1 saturated heterocycles. The zero-order valence-corrected chi connectivity index (χ0v) is 15.4. The minimum atomic E-state index is -0.487. The van der Waals surface area contributed by atoms with Gasteiger partial charge in [-0.1, -0.05) is 11.3 Å². The number of piperazine rings is 1. The number of aromatic nitrogens is 1. The third-order valence-corrected chi connectivity index (χ3v) is 4.94. The highest BCUT2D eigenvalue weighted by atomic mass is 32.1. The molecule has 0 unspecified atom stereocenters. The van der Waals surface area contributed by atoms with Gasteiger partial charge in [0.2, 0.25) is 5.91 Å². The Labute approximate surface area is 150 Å². The van der Waals surface area contributed by atoms with Crippen LogP contribution in [0.15, 0.2) is 18.2 Å². The van der Waals surface area contributed by atoms with Crippen molar-refractivity contribution in [1.82, 2.24) is 9.88 Å². The summed E-state index contributed by atoms with van der Waals surface area (Å²) in [6.45, 7) is 8.17. The molecule has 2 N–H and O–H groups in total. The molecular formula is C17H22N4O3S. The number of nitrogens with two attached hydrogens (primary N) is 1. The average molecular weight is 362 g/mol. The van der Waals surface area contributed by atoms with E-state index in [2.05, 4.69) is 9.88 Å². The fraction of sp³-hybridized carbons (Fsp3) is 0.471. The van der Waals surface area contributed by atoms with E-state index in [4.69, 9.17) is 10.5 Å². The number of primary amides is 1. The molecule has 0 saturated carbocycles. The molecule has 0 radical (unpaired) electrons. The zero-order chi connectivity index (χ0) is 18.2. The van der Waals surface area contributed by atoms with E-state index in [0.717, 1.165) is 15.3 Å². The summed E-state index contributed by atoms with van der Waals surface area (Å²) in [6.07, 6.45) is -0.275. The maximum Gasteiger partial charge on any atom is 0.410 e. The predicted octanol–water partition coefficient (Wildman–Crippen LogP) is 2.45. The van der Waals surface area contributed by atoms with Gasteiger partial charge < -0.3 is 20.3 Å². The number of fused-ring (bicyclic) bond motifs is 1. The molecule has 1 fully saturated rings. The summed E-state index contributed by atoms with van der Waals surface area (Å²) in [5.74, 6) is -0.442. The second-order valence-electron chi connectivity index (χ2n) is 7.00. The topological polar surface area (TPSA) is 88.8 Å². The molecule has 1 aromatic carbocycles. The number of amides is 2. The molecular weight excluding hydrogens is 340 g/mol. The van der Waals surface area contributed by atoms with Crippen LogP contribution < -0.4 is 10.6 Å². The van der Waals surface area contributed by atoms with Crippen LogP contribution in [0.2, 0.25) is 0 Å². The molecule has 1 aliphatic heterocycles. The lowest BCUT2D eigenvalue weighted by Gasteiger charge is -2.35. The quantitative estimate of drug-likeness (QED) is 0.886. The van der Waals surface area contributed by atoms with Crippen LogP contribution in [-0.2, 0) is 4.74 Å². The Balaban J connectivity index is 1.67. The van der Waals surface area contributed by atoms with Gasteiger partial charge in [-0.2, -0.15) is 0 Å². The predicted molar refractivity (Wildman–Crippen MR) is 98.2 cm³/mol. The highest BCUT2D eigenvalue weighted by Crippen LogP contribution is 2.30. The summed E-state index contributed by atoms with van der Waals surface area (Å²) in [4.78, 5) is 31.9. The van der Waals surface area contributed by atoms with E-state index in [1.54, 1.807) is 17.0 Å². The Kier molecular flexibility index (Phi) is 4.55. The molecule has 2 heterocycles. The second-order valence-corrected chi connectivity index (χ2v) is 8.01. The molecule has 0 aliphatic carbocycles. The maximum atomic E-state index is 12.1. The van der Waals surface area contributed by atoms with E-state index in [-0.39, 0.29) is 6.09 Å². The van der Waals surface area contributed by atoms with Crippen molar-refractivity contribution in [2.24, 2.45) is 5.73 Å². The number of rotatable bonds is 2. The van der Waals surface area contributed by atoms with Crippen LogP contribution in [0.25, 0.3) is 10.2 Å². The number of ether oxygens (including phenoxy) is 1. The molecule has 7 nitrogen and oxygen atoms in total. The zero-order valence-electron chi connectivity index (χ0n) is 14.6. The Hall–Kier alpha value is -2.35. The first-order valence-corrected chi connectivity index (χ1v) is 8.98. The first-order chi connectivity index (χ1) is 11.7. The standard InChI is InChI=1S/C17H22N4O3S/c1-17(2,3)24-16(23)21-8-6-20(7-9-21)15-19-12-5-4-11(14(18)22)10-13(12)25-15/h4-5,10H,6-9H2,1-3H3,(H2,18,22). The number of thiazole rings is 1. The lowest BCUT2D eigenvalue weighted by Crippen LogP contribution is -2.50. The summed E-state index contributed by atoms with van der Waals surface area (Å²) in [6, 6.07) is 5.27. The monoisotopic (exact) mass is 362 g/mol. The molecule has 134 valence electrons. The molecule has 1 aliphatic rings. The van der Waals surface area contributed by atoms with Crippen molar-refractivity contribution < 1.29 is 14.3 Å². The number of hydrogen-bond acceptors (Lipinski definition) is 6. The van der Waals surface area contributed by atoms with Gasteiger partial charge >= 0.3 is 6.09 Å². The van der Waals surface area contributed by atoms with E-state index in [9.17, 15) is 9.59 Å². The molecule has 25 heavy (non-hydrogen) atoms. The van der Waals surface area contributed by atoms with Crippen molar-refractivity contribution in [3.63, 3.8) is 0 Å². The molecule has 2 amide bonds. The molecule has 0 bridgehead atoms. The maximum absolute atomic E-state index is 12.1. The molecule has 2 aromatic rings. The third kappa shape index (κ3) is 4.01. The van der Waals surface area contributed by atoms with Crippen molar-refractivity contribution in [3.05, 3.63) is 23.8 Å². The Bertz CT molecular complexity index is 804. The van der Waals surface area contributed by atoms with Gasteiger partial charge in [-0.3, -0.25) is 4.79 Å². The van der Waals surface area contributed by atoms with Crippen molar-refractivity contribution in [1.29, 1.82) is 0 Å². The number of benzene rings is 1. The van der Waals surface area contributed by atoms with Crippen LogP contribution in [0.5, 0.6) is 0 Å². The first kappa shape index (κ1) is 17.5. The van der Waals surface area contributed by atoms with Gasteiger partial charge in [0.15, 0.2) is 5.13 Å². The molecule has 1 aromatic heterocycles. The summed E-state index contributed by atoms with van der Waals surface area (Å²) in [7, 11) is 0. The average Bonchev–Trinajstić information content (AvgIpc) is 2.96. The van der Waals surface area contributed by atoms with Crippen LogP contribution in [0.3, 0.4) is 0 Å². The minimum absolute atomic E-state index is 0.275. The van der Waals surface area contributed by atoms with E-state index in [1.807, 2.05) is 26.8 Å². The van der Waals surface area contributed by atoms with Crippen LogP contribution in [0.4, 0.5) is 9.93 Å². The van der Waals surface area contributed by atoms with E-state index < -0.39 is 11.5 Å². The Morgan fingerprint density at radius 2 is 1.88 bits per heavy atom. The summed E-state index contributed by atoms with van der Waals surface area (Å²) in [5.41, 5.74) is 6.17. The van der Waals surface area contributed by atoms with Crippen LogP contribution in [-0.4, -0.2) is 53.7 Å². The van der Waals surface area contributed by atoms with Crippen LogP contribution >= 0.6 is 11.3 Å². The Morgan fingerprint density at radius 1 is 1.20 bits per heavy atom. The van der Waals surface area contributed by atoms with Gasteiger partial charge in [0.25, 0.3) is 0 Å². The van der Waals surface area contributed by atoms with Gasteiger partial charge in [-0.25, -0.2) is 9.78 Å². The number of anilines is 1. The Morgan fingerprint density at radius 3 is 2.48 bits per heavy atom. The van der Waals surface area contributed by atoms with Gasteiger partial charge in [0.05, 0.1) is 10.2 Å². The summed E-state index contributed by atoms with van der Waals surface area (Å²) >= 11 is 1.53. The van der Waals surface area contributed by atoms with Gasteiger partial charge in [0.1, 0.15) is 5.60 Å². The first-order valence-electron chi connectivity index (χ1n) is 8.16. The SMILES string of the molecule is CC(C)(C)OC(=O)N1CCN(c2nc3ccc(C(N)=O)cc3s2)CC1. The largest absolute Gasteiger partial charge is 0.444 e. The lowest BCUT2D eigenvalue weighted by atomic mass is 10.2. The summed E-state index contributed by atoms with van der Waals surface area (Å²) < 4.78 is 6.34. The molecule has 8 heteroatoms. The fourth-order valence-electron chi connectivity index (χ4n) is 2.61. The highest BCUT2D eigenvalue weighted by Gasteiger charge is 2.27. The van der Waals surface area contributed by atoms with Crippen LogP contribution in [0, 0.1) is 0 Å². The highest BCUT2D eigenvalue weighted by molar-refractivity contribution is 7.22. The van der Waals surface area contributed by atoms with Crippen molar-refractivity contribution in [2.75, 3.05) is 31.1 Å². The van der Waals surface area contributed by atoms with Gasteiger partial charge in [-0.05, 0) is 39.0 Å². The van der Waals surface area contributed by atoms with E-state index >= 15 is 0 Å². The summed E-state index contributed by atoms with van der Waals surface area (Å²) in [5, 5.41) is 0.889.